The maximum absolute atomic E-state index is 8.95. The Balaban J connectivity index is 2.14. The molecule has 4 nitrogen and oxygen atoms in total. The quantitative estimate of drug-likeness (QED) is 0.725. The lowest BCUT2D eigenvalue weighted by Crippen LogP contribution is -1.94. The number of rotatable bonds is 2. The third-order valence-corrected chi connectivity index (χ3v) is 4.15. The van der Waals surface area contributed by atoms with Gasteiger partial charge in [0, 0.05) is 18.8 Å². The minimum absolute atomic E-state index is 0.401. The van der Waals surface area contributed by atoms with E-state index in [1.54, 1.807) is 18.3 Å². The van der Waals surface area contributed by atoms with Crippen molar-refractivity contribution in [3.8, 4) is 28.8 Å². The van der Waals surface area contributed by atoms with Gasteiger partial charge < -0.3 is 4.57 Å². The molecule has 0 saturated heterocycles. The Hall–Kier alpha value is -2.29. The minimum Gasteiger partial charge on any atom is -0.321 e. The fraction of sp³-hybridized carbons (Fsp3) is 0.0625. The molecule has 0 radical (unpaired) electrons. The van der Waals surface area contributed by atoms with Crippen LogP contribution in [0.25, 0.3) is 22.8 Å². The van der Waals surface area contributed by atoms with Crippen LogP contribution < -0.4 is 0 Å². The summed E-state index contributed by atoms with van der Waals surface area (Å²) in [6, 6.07) is 12.9. The number of nitriles is 1. The molecule has 3 aromatic rings. The first kappa shape index (κ1) is 14.6. The van der Waals surface area contributed by atoms with Crippen LogP contribution in [-0.2, 0) is 7.05 Å². The van der Waals surface area contributed by atoms with Crippen LogP contribution in [0.15, 0.2) is 47.6 Å². The van der Waals surface area contributed by atoms with Crippen molar-refractivity contribution in [3.05, 3.63) is 53.2 Å². The second kappa shape index (κ2) is 5.84. The maximum atomic E-state index is 8.95. The van der Waals surface area contributed by atoms with Crippen molar-refractivity contribution in [2.45, 2.75) is 5.03 Å². The van der Waals surface area contributed by atoms with Gasteiger partial charge in [-0.05, 0) is 24.3 Å². The van der Waals surface area contributed by atoms with Crippen molar-refractivity contribution < 1.29 is 0 Å². The van der Waals surface area contributed by atoms with E-state index in [2.05, 4.69) is 22.6 Å². The van der Waals surface area contributed by atoms with Gasteiger partial charge >= 0.3 is 0 Å². The third-order valence-electron chi connectivity index (χ3n) is 3.32. The average molecular weight is 327 g/mol. The third kappa shape index (κ3) is 2.47. The predicted octanol–water partition coefficient (Wildman–Crippen LogP) is 3.96. The Morgan fingerprint density at radius 1 is 1.27 bits per heavy atom. The van der Waals surface area contributed by atoms with Crippen LogP contribution in [0.5, 0.6) is 0 Å². The highest BCUT2D eigenvalue weighted by molar-refractivity contribution is 7.80. The van der Waals surface area contributed by atoms with Gasteiger partial charge in [0.05, 0.1) is 15.6 Å². The molecular formula is C16H11ClN4S. The summed E-state index contributed by atoms with van der Waals surface area (Å²) < 4.78 is 1.87. The molecule has 0 aliphatic carbocycles. The summed E-state index contributed by atoms with van der Waals surface area (Å²) in [6.07, 6.45) is 1.72. The second-order valence-electron chi connectivity index (χ2n) is 4.69. The van der Waals surface area contributed by atoms with Crippen LogP contribution in [0, 0.1) is 11.3 Å². The molecule has 22 heavy (non-hydrogen) atoms. The predicted molar refractivity (Wildman–Crippen MR) is 88.9 cm³/mol. The van der Waals surface area contributed by atoms with Gasteiger partial charge in [-0.1, -0.05) is 23.7 Å². The summed E-state index contributed by atoms with van der Waals surface area (Å²) in [5.74, 6) is 0.723. The van der Waals surface area contributed by atoms with E-state index in [9.17, 15) is 0 Å². The van der Waals surface area contributed by atoms with Crippen molar-refractivity contribution in [1.29, 1.82) is 5.26 Å². The van der Waals surface area contributed by atoms with Crippen LogP contribution in [-0.4, -0.2) is 14.5 Å². The first-order valence-corrected chi connectivity index (χ1v) is 7.31. The Bertz CT molecular complexity index is 881. The van der Waals surface area contributed by atoms with E-state index in [4.69, 9.17) is 16.9 Å². The van der Waals surface area contributed by atoms with Gasteiger partial charge in [0.1, 0.15) is 17.5 Å². The summed E-state index contributed by atoms with van der Waals surface area (Å²) in [7, 11) is 1.88. The smallest absolute Gasteiger partial charge is 0.159 e. The van der Waals surface area contributed by atoms with Crippen molar-refractivity contribution in [1.82, 2.24) is 14.5 Å². The molecule has 0 bridgehead atoms. The SMILES string of the molecule is Cn1c(-c2ccccn2)nc(-c2ccc(C#N)c(Cl)c2)c1S. The summed E-state index contributed by atoms with van der Waals surface area (Å²) >= 11 is 10.6. The molecule has 0 fully saturated rings. The Kier molecular flexibility index (Phi) is 3.88. The van der Waals surface area contributed by atoms with Gasteiger partial charge in [-0.15, -0.1) is 12.6 Å². The number of aromatic nitrogens is 3. The van der Waals surface area contributed by atoms with Gasteiger partial charge in [-0.2, -0.15) is 5.26 Å². The van der Waals surface area contributed by atoms with Gasteiger partial charge in [-0.3, -0.25) is 4.98 Å². The number of nitrogens with zero attached hydrogens (tertiary/aromatic N) is 4. The molecule has 0 amide bonds. The van der Waals surface area contributed by atoms with Gasteiger partial charge in [0.15, 0.2) is 5.82 Å². The Labute approximate surface area is 138 Å². The largest absolute Gasteiger partial charge is 0.321 e. The van der Waals surface area contributed by atoms with E-state index in [1.807, 2.05) is 41.9 Å². The molecule has 0 aliphatic rings. The van der Waals surface area contributed by atoms with Crippen LogP contribution in [0.1, 0.15) is 5.56 Å². The zero-order valence-electron chi connectivity index (χ0n) is 11.7. The molecule has 0 atom stereocenters. The number of imidazole rings is 1. The zero-order chi connectivity index (χ0) is 15.7. The Morgan fingerprint density at radius 2 is 2.09 bits per heavy atom. The normalized spacial score (nSPS) is 10.5. The summed E-state index contributed by atoms with van der Waals surface area (Å²) in [5.41, 5.74) is 2.72. The van der Waals surface area contributed by atoms with Gasteiger partial charge in [0.25, 0.3) is 0 Å². The Morgan fingerprint density at radius 3 is 2.73 bits per heavy atom. The van der Waals surface area contributed by atoms with E-state index in [1.165, 1.54) is 0 Å². The molecule has 6 heteroatoms. The standard InChI is InChI=1S/C16H11ClN4S/c1-21-15(13-4-2-3-7-19-13)20-14(16(21)22)10-5-6-11(9-18)12(17)8-10/h2-8,22H,1H3. The first-order chi connectivity index (χ1) is 10.6. The number of halogens is 1. The van der Waals surface area contributed by atoms with E-state index >= 15 is 0 Å². The molecule has 2 heterocycles. The van der Waals surface area contributed by atoms with Gasteiger partial charge in [0.2, 0.25) is 0 Å². The molecule has 0 aliphatic heterocycles. The summed E-state index contributed by atoms with van der Waals surface area (Å²) in [4.78, 5) is 8.95. The van der Waals surface area contributed by atoms with Crippen LogP contribution in [0.2, 0.25) is 5.02 Å². The molecule has 2 aromatic heterocycles. The van der Waals surface area contributed by atoms with E-state index in [0.29, 0.717) is 21.3 Å². The molecule has 1 aromatic carbocycles. The summed E-state index contributed by atoms with van der Waals surface area (Å²) in [5, 5.41) is 10.1. The summed E-state index contributed by atoms with van der Waals surface area (Å²) in [6.45, 7) is 0. The highest BCUT2D eigenvalue weighted by Crippen LogP contribution is 2.32. The van der Waals surface area contributed by atoms with Crippen LogP contribution in [0.4, 0.5) is 0 Å². The fourth-order valence-corrected chi connectivity index (χ4v) is 2.66. The molecular weight excluding hydrogens is 316 g/mol. The number of pyridine rings is 1. The lowest BCUT2D eigenvalue weighted by Gasteiger charge is -2.02. The molecule has 0 saturated carbocycles. The van der Waals surface area contributed by atoms with E-state index in [0.717, 1.165) is 17.1 Å². The minimum atomic E-state index is 0.401. The fourth-order valence-electron chi connectivity index (χ4n) is 2.16. The lowest BCUT2D eigenvalue weighted by atomic mass is 10.1. The number of hydrogen-bond acceptors (Lipinski definition) is 4. The highest BCUT2D eigenvalue weighted by atomic mass is 35.5. The van der Waals surface area contributed by atoms with Crippen molar-refractivity contribution in [2.24, 2.45) is 7.05 Å². The van der Waals surface area contributed by atoms with Crippen molar-refractivity contribution >= 4 is 24.2 Å². The maximum Gasteiger partial charge on any atom is 0.159 e. The van der Waals surface area contributed by atoms with E-state index in [-0.39, 0.29) is 0 Å². The monoisotopic (exact) mass is 326 g/mol. The molecule has 108 valence electrons. The molecule has 0 unspecified atom stereocenters. The highest BCUT2D eigenvalue weighted by Gasteiger charge is 2.16. The van der Waals surface area contributed by atoms with Crippen LogP contribution >= 0.6 is 24.2 Å². The average Bonchev–Trinajstić information content (AvgIpc) is 2.84. The van der Waals surface area contributed by atoms with Crippen molar-refractivity contribution in [2.75, 3.05) is 0 Å². The van der Waals surface area contributed by atoms with Gasteiger partial charge in [-0.25, -0.2) is 4.98 Å². The second-order valence-corrected chi connectivity index (χ2v) is 5.52. The van der Waals surface area contributed by atoms with Crippen molar-refractivity contribution in [3.63, 3.8) is 0 Å². The lowest BCUT2D eigenvalue weighted by molar-refractivity contribution is 0.834. The topological polar surface area (TPSA) is 54.5 Å². The number of benzene rings is 1. The number of thiol groups is 1. The first-order valence-electron chi connectivity index (χ1n) is 6.49. The number of hydrogen-bond donors (Lipinski definition) is 1. The van der Waals surface area contributed by atoms with E-state index < -0.39 is 0 Å². The molecule has 0 N–H and O–H groups in total. The van der Waals surface area contributed by atoms with Crippen LogP contribution in [0.3, 0.4) is 0 Å². The zero-order valence-corrected chi connectivity index (χ0v) is 13.3. The molecule has 3 rings (SSSR count). The molecule has 0 spiro atoms.